The van der Waals surface area contributed by atoms with E-state index in [9.17, 15) is 50.1 Å². The molecule has 0 amide bonds. The highest BCUT2D eigenvalue weighted by Crippen LogP contribution is 2.72. The zero-order valence-corrected chi connectivity index (χ0v) is 30.2. The normalized spacial score (nSPS) is 39.5. The highest BCUT2D eigenvalue weighted by molar-refractivity contribution is 5.94. The average Bonchev–Trinajstić information content (AvgIpc) is 3.22. The Labute approximate surface area is 292 Å². The Bertz CT molecular complexity index is 1540. The van der Waals surface area contributed by atoms with Gasteiger partial charge in [-0.2, -0.15) is 0 Å². The molecular weight excluding hydrogens is 652 g/mol. The van der Waals surface area contributed by atoms with Crippen LogP contribution in [0.15, 0.2) is 6.07 Å². The highest BCUT2D eigenvalue weighted by Gasteiger charge is 2.73. The second kappa shape index (κ2) is 12.8. The van der Waals surface area contributed by atoms with E-state index in [4.69, 9.17) is 14.2 Å². The molecule has 0 spiro atoms. The van der Waals surface area contributed by atoms with E-state index in [-0.39, 0.29) is 48.9 Å². The summed E-state index contributed by atoms with van der Waals surface area (Å²) in [6, 6.07) is 1.54. The number of fused-ring (bicyclic) bond motifs is 5. The molecule has 50 heavy (non-hydrogen) atoms. The van der Waals surface area contributed by atoms with Crippen molar-refractivity contribution in [2.24, 2.45) is 22.7 Å². The van der Waals surface area contributed by atoms with E-state index in [2.05, 4.69) is 0 Å². The first-order valence-electron chi connectivity index (χ1n) is 17.5. The van der Waals surface area contributed by atoms with Crippen LogP contribution in [0.5, 0.6) is 11.5 Å². The number of hydrogen-bond acceptors (Lipinski definition) is 13. The molecule has 1 aromatic carbocycles. The number of phenolic OH excluding ortho intramolecular Hbond substituents is 1. The molecule has 2 saturated carbocycles. The molecule has 1 aromatic rings. The summed E-state index contributed by atoms with van der Waals surface area (Å²) in [5, 5.41) is 75.7. The van der Waals surface area contributed by atoms with Gasteiger partial charge < -0.3 is 50.0 Å². The maximum Gasteiger partial charge on any atom is 0.303 e. The fourth-order valence-electron chi connectivity index (χ4n) is 10.3. The second-order valence-electron chi connectivity index (χ2n) is 16.6. The fourth-order valence-corrected chi connectivity index (χ4v) is 10.3. The monoisotopic (exact) mass is 706 g/mol. The van der Waals surface area contributed by atoms with Gasteiger partial charge in [0.2, 0.25) is 6.29 Å². The minimum atomic E-state index is -1.99. The molecule has 0 aromatic heterocycles. The number of ketones is 2. The maximum absolute atomic E-state index is 14.7. The summed E-state index contributed by atoms with van der Waals surface area (Å²) in [7, 11) is 0. The number of rotatable bonds is 9. The molecule has 1 saturated heterocycles. The summed E-state index contributed by atoms with van der Waals surface area (Å²) >= 11 is 0. The lowest BCUT2D eigenvalue weighted by atomic mass is 9.41. The van der Waals surface area contributed by atoms with E-state index in [1.165, 1.54) is 13.8 Å². The van der Waals surface area contributed by atoms with Gasteiger partial charge in [-0.1, -0.05) is 13.8 Å². The third kappa shape index (κ3) is 5.77. The van der Waals surface area contributed by atoms with Crippen LogP contribution in [-0.2, 0) is 35.7 Å². The second-order valence-corrected chi connectivity index (χ2v) is 16.6. The van der Waals surface area contributed by atoms with Crippen LogP contribution in [0, 0.1) is 29.6 Å². The number of carbonyl (C=O) groups is 3. The van der Waals surface area contributed by atoms with E-state index in [1.54, 1.807) is 26.8 Å². The summed E-state index contributed by atoms with van der Waals surface area (Å²) in [4.78, 5) is 39.9. The molecule has 12 atom stereocenters. The molecule has 13 nitrogen and oxygen atoms in total. The molecule has 0 unspecified atom stereocenters. The van der Waals surface area contributed by atoms with Crippen LogP contribution >= 0.6 is 0 Å². The van der Waals surface area contributed by atoms with Gasteiger partial charge >= 0.3 is 5.97 Å². The summed E-state index contributed by atoms with van der Waals surface area (Å²) in [6.45, 7) is 12.8. The lowest BCUT2D eigenvalue weighted by Gasteiger charge is -2.61. The lowest BCUT2D eigenvalue weighted by molar-refractivity contribution is -0.277. The Morgan fingerprint density at radius 3 is 2.28 bits per heavy atom. The molecule has 4 aliphatic rings. The van der Waals surface area contributed by atoms with Gasteiger partial charge in [-0.05, 0) is 99.8 Å². The van der Waals surface area contributed by atoms with Crippen LogP contribution in [0.3, 0.4) is 0 Å². The first-order valence-corrected chi connectivity index (χ1v) is 17.5. The van der Waals surface area contributed by atoms with Crippen molar-refractivity contribution in [3.8, 4) is 11.5 Å². The van der Waals surface area contributed by atoms with Crippen molar-refractivity contribution in [1.29, 1.82) is 0 Å². The Kier molecular flexibility index (Phi) is 9.86. The largest absolute Gasteiger partial charge is 0.504 e. The van der Waals surface area contributed by atoms with Crippen LogP contribution in [0.25, 0.3) is 0 Å². The molecule has 3 fully saturated rings. The number of aliphatic hydroxyl groups excluding tert-OH is 5. The van der Waals surface area contributed by atoms with Gasteiger partial charge in [0.1, 0.15) is 41.4 Å². The molecule has 13 heteroatoms. The number of esters is 1. The minimum Gasteiger partial charge on any atom is -0.504 e. The minimum absolute atomic E-state index is 0.0527. The molecule has 280 valence electrons. The number of benzene rings is 1. The van der Waals surface area contributed by atoms with Crippen molar-refractivity contribution in [3.63, 3.8) is 0 Å². The predicted octanol–water partition coefficient (Wildman–Crippen LogP) is 1.51. The van der Waals surface area contributed by atoms with Gasteiger partial charge in [0.25, 0.3) is 0 Å². The van der Waals surface area contributed by atoms with Gasteiger partial charge in [-0.15, -0.1) is 0 Å². The van der Waals surface area contributed by atoms with Crippen molar-refractivity contribution in [2.75, 3.05) is 6.61 Å². The zero-order chi connectivity index (χ0) is 37.5. The SMILES string of the molecule is CC(=O)OC(C)(C)CCC(=O)[C@](C)(O)[C@H]1[C@H](O)C[C@@]2(C)[C@@H]3CCc4c(cc(O[C@@H]5O[C@H](CO)[C@@H](O)[C@H](O)[C@H]5O)c(O)c4C)[C@]3(C)C(=O)C[C@]12C. The Hall–Kier alpha value is -2.65. The van der Waals surface area contributed by atoms with Gasteiger partial charge in [0.15, 0.2) is 17.3 Å². The van der Waals surface area contributed by atoms with Crippen LogP contribution in [0.1, 0.15) is 97.3 Å². The standard InChI is InChI=1S/C37H54O13/c1-17-19-9-10-24-34(5)14-21(40)31(37(8,47)25(41)11-12-33(3,4)50-18(2)39)35(34,6)15-26(42)36(24,7)20(19)13-22(27(17)43)48-32-30(46)29(45)28(44)23(16-38)49-32/h13,21,23-24,28-32,38,40,43-47H,9-12,14-16H2,1-8H3/t21-,23-,24+,28-,29+,30-,31+,32-,34+,35-,36+,37+/m1/s1. The number of hydrogen-bond donors (Lipinski definition) is 7. The molecule has 0 bridgehead atoms. The Morgan fingerprint density at radius 2 is 1.68 bits per heavy atom. The fraction of sp³-hybridized carbons (Fsp3) is 0.757. The Balaban J connectivity index is 1.49. The number of ether oxygens (including phenoxy) is 3. The van der Waals surface area contributed by atoms with E-state index < -0.39 is 88.5 Å². The lowest BCUT2D eigenvalue weighted by Crippen LogP contribution is -2.63. The number of phenols is 1. The predicted molar refractivity (Wildman–Crippen MR) is 177 cm³/mol. The van der Waals surface area contributed by atoms with Crippen LogP contribution in [0.4, 0.5) is 0 Å². The number of Topliss-reactive ketones (excluding diaryl/α,β-unsaturated/α-hetero) is 2. The van der Waals surface area contributed by atoms with E-state index >= 15 is 0 Å². The van der Waals surface area contributed by atoms with Gasteiger partial charge in [0.05, 0.1) is 18.1 Å². The van der Waals surface area contributed by atoms with E-state index in [1.807, 2.05) is 20.8 Å². The van der Waals surface area contributed by atoms with Crippen molar-refractivity contribution in [2.45, 2.75) is 147 Å². The maximum atomic E-state index is 14.7. The number of aliphatic hydroxyl groups is 6. The zero-order valence-electron chi connectivity index (χ0n) is 30.2. The van der Waals surface area contributed by atoms with Crippen molar-refractivity contribution in [1.82, 2.24) is 0 Å². The van der Waals surface area contributed by atoms with Gasteiger partial charge in [-0.25, -0.2) is 0 Å². The average molecular weight is 707 g/mol. The summed E-state index contributed by atoms with van der Waals surface area (Å²) in [6.07, 6.45) is -7.67. The molecule has 3 aliphatic carbocycles. The van der Waals surface area contributed by atoms with Crippen molar-refractivity contribution in [3.05, 3.63) is 22.8 Å². The topological polar surface area (TPSA) is 221 Å². The molecular formula is C37H54O13. The van der Waals surface area contributed by atoms with Gasteiger partial charge in [-0.3, -0.25) is 14.4 Å². The quantitative estimate of drug-likeness (QED) is 0.181. The van der Waals surface area contributed by atoms with E-state index in [0.717, 1.165) is 5.56 Å². The van der Waals surface area contributed by atoms with Gasteiger partial charge in [0, 0.05) is 25.7 Å². The molecule has 5 rings (SSSR count). The molecule has 1 aliphatic heterocycles. The van der Waals surface area contributed by atoms with Crippen LogP contribution in [0.2, 0.25) is 0 Å². The van der Waals surface area contributed by atoms with E-state index in [0.29, 0.717) is 24.0 Å². The van der Waals surface area contributed by atoms with Crippen molar-refractivity contribution < 1.29 is 64.3 Å². The smallest absolute Gasteiger partial charge is 0.303 e. The molecule has 1 heterocycles. The third-order valence-electron chi connectivity index (χ3n) is 13.1. The van der Waals surface area contributed by atoms with Crippen molar-refractivity contribution >= 4 is 17.5 Å². The highest BCUT2D eigenvalue weighted by atomic mass is 16.7. The first-order chi connectivity index (χ1) is 23.0. The van der Waals surface area contributed by atoms with Crippen LogP contribution < -0.4 is 4.74 Å². The number of carbonyl (C=O) groups excluding carboxylic acids is 3. The first kappa shape index (κ1) is 38.6. The molecule has 7 N–H and O–H groups in total. The summed E-state index contributed by atoms with van der Waals surface area (Å²) in [5.41, 5.74) is -3.97. The summed E-state index contributed by atoms with van der Waals surface area (Å²) < 4.78 is 16.8. The number of aromatic hydroxyl groups is 1. The Morgan fingerprint density at radius 1 is 1.04 bits per heavy atom. The third-order valence-corrected chi connectivity index (χ3v) is 13.1. The van der Waals surface area contributed by atoms with Crippen LogP contribution in [-0.4, -0.2) is 108 Å². The summed E-state index contributed by atoms with van der Waals surface area (Å²) in [5.74, 6) is -2.84. The molecule has 0 radical (unpaired) electrons.